The number of methoxy groups -OCH3 is 1. The van der Waals surface area contributed by atoms with Gasteiger partial charge in [0.25, 0.3) is 11.8 Å². The Kier molecular flexibility index (Phi) is 8.04. The van der Waals surface area contributed by atoms with E-state index in [2.05, 4.69) is 0 Å². The smallest absolute Gasteiger partial charge is 0.383 e. The molecule has 10 heteroatoms. The van der Waals surface area contributed by atoms with Crippen molar-refractivity contribution in [1.29, 1.82) is 0 Å². The average molecular weight is 468 g/mol. The number of hydrogen-bond acceptors (Lipinski definition) is 4. The van der Waals surface area contributed by atoms with Crippen LogP contribution in [0.15, 0.2) is 48.5 Å². The Hall–Kier alpha value is -2.98. The van der Waals surface area contributed by atoms with Crippen LogP contribution in [-0.4, -0.2) is 74.2 Å². The van der Waals surface area contributed by atoms with Crippen LogP contribution in [0.3, 0.4) is 0 Å². The first-order valence-corrected chi connectivity index (χ1v) is 10.3. The maximum atomic E-state index is 13.2. The third kappa shape index (κ3) is 6.52. The number of carbonyl (C=O) groups excluding carboxylic acids is 2. The van der Waals surface area contributed by atoms with Crippen LogP contribution < -0.4 is 0 Å². The fourth-order valence-electron chi connectivity index (χ4n) is 3.50. The second kappa shape index (κ2) is 10.8. The van der Waals surface area contributed by atoms with Gasteiger partial charge in [-0.3, -0.25) is 9.59 Å². The van der Waals surface area contributed by atoms with E-state index in [9.17, 15) is 27.2 Å². The summed E-state index contributed by atoms with van der Waals surface area (Å²) < 4.78 is 62.3. The van der Waals surface area contributed by atoms with Crippen LogP contribution in [-0.2, 0) is 15.7 Å². The van der Waals surface area contributed by atoms with Gasteiger partial charge in [0.05, 0.1) is 24.9 Å². The Morgan fingerprint density at radius 1 is 1.09 bits per heavy atom. The fraction of sp³-hybridized carbons (Fsp3) is 0.391. The Bertz CT molecular complexity index is 948. The highest BCUT2D eigenvalue weighted by Gasteiger charge is 2.31. The lowest BCUT2D eigenvalue weighted by Gasteiger charge is -2.36. The van der Waals surface area contributed by atoms with Gasteiger partial charge in [0.15, 0.2) is 0 Å². The number of nitrogens with zero attached hydrogens (tertiary/aromatic N) is 2. The highest BCUT2D eigenvalue weighted by Crippen LogP contribution is 2.29. The summed E-state index contributed by atoms with van der Waals surface area (Å²) in [6, 6.07) is 9.22. The van der Waals surface area contributed by atoms with Gasteiger partial charge in [0.2, 0.25) is 0 Å². The number of carbonyl (C=O) groups is 2. The van der Waals surface area contributed by atoms with Crippen LogP contribution in [0.5, 0.6) is 0 Å². The molecular weight excluding hydrogens is 444 g/mol. The number of ether oxygens (including phenoxy) is 2. The van der Waals surface area contributed by atoms with Crippen LogP contribution >= 0.6 is 0 Å². The third-order valence-corrected chi connectivity index (χ3v) is 5.25. The van der Waals surface area contributed by atoms with Gasteiger partial charge in [-0.2, -0.15) is 13.2 Å². The molecule has 2 amide bonds. The zero-order valence-electron chi connectivity index (χ0n) is 18.0. The topological polar surface area (TPSA) is 59.1 Å². The molecule has 2 aromatic carbocycles. The van der Waals surface area contributed by atoms with Crippen LogP contribution in [0.1, 0.15) is 26.3 Å². The number of hydrogen-bond donors (Lipinski definition) is 0. The molecule has 1 atom stereocenters. The predicted octanol–water partition coefficient (Wildman–Crippen LogP) is 3.47. The van der Waals surface area contributed by atoms with E-state index in [0.29, 0.717) is 5.56 Å². The molecule has 2 aromatic rings. The van der Waals surface area contributed by atoms with Crippen LogP contribution in [0.2, 0.25) is 0 Å². The van der Waals surface area contributed by atoms with Gasteiger partial charge in [-0.15, -0.1) is 0 Å². The van der Waals surface area contributed by atoms with Gasteiger partial charge in [-0.1, -0.05) is 0 Å². The molecule has 178 valence electrons. The minimum Gasteiger partial charge on any atom is -0.383 e. The maximum Gasteiger partial charge on any atom is 0.416 e. The van der Waals surface area contributed by atoms with Gasteiger partial charge < -0.3 is 19.3 Å². The van der Waals surface area contributed by atoms with E-state index in [1.807, 2.05) is 0 Å². The van der Waals surface area contributed by atoms with E-state index in [1.54, 1.807) is 0 Å². The lowest BCUT2D eigenvalue weighted by atomic mass is 10.1. The van der Waals surface area contributed by atoms with E-state index in [-0.39, 0.29) is 50.9 Å². The molecule has 0 aromatic heterocycles. The van der Waals surface area contributed by atoms with Crippen LogP contribution in [0.25, 0.3) is 0 Å². The van der Waals surface area contributed by atoms with Gasteiger partial charge >= 0.3 is 6.18 Å². The number of halogens is 4. The largest absolute Gasteiger partial charge is 0.416 e. The minimum atomic E-state index is -4.48. The molecule has 1 unspecified atom stereocenters. The van der Waals surface area contributed by atoms with Crippen molar-refractivity contribution in [3.8, 4) is 0 Å². The quantitative estimate of drug-likeness (QED) is 0.584. The standard InChI is InChI=1S/C23H24F4N2O4/c1-32-12-10-28(22(31)17-4-8-19(24)9-5-17)14-20-15-29(11-13-33-20)21(30)16-2-6-18(7-3-16)23(25,26)27/h2-9,20H,10-15H2,1H3. The van der Waals surface area contributed by atoms with Crippen molar-refractivity contribution in [2.75, 3.05) is 46.5 Å². The van der Waals surface area contributed by atoms with Gasteiger partial charge in [0.1, 0.15) is 5.82 Å². The Balaban J connectivity index is 1.67. The van der Waals surface area contributed by atoms with E-state index >= 15 is 0 Å². The maximum absolute atomic E-state index is 13.2. The van der Waals surface area contributed by atoms with Crippen molar-refractivity contribution < 1.29 is 36.6 Å². The summed E-state index contributed by atoms with van der Waals surface area (Å²) in [6.45, 7) is 1.36. The molecule has 1 saturated heterocycles. The Labute approximate surface area is 188 Å². The average Bonchev–Trinajstić information content (AvgIpc) is 2.81. The summed E-state index contributed by atoms with van der Waals surface area (Å²) in [5, 5.41) is 0. The zero-order valence-corrected chi connectivity index (χ0v) is 18.0. The van der Waals surface area contributed by atoms with Crippen molar-refractivity contribution in [2.45, 2.75) is 12.3 Å². The second-order valence-corrected chi connectivity index (χ2v) is 7.57. The van der Waals surface area contributed by atoms with Gasteiger partial charge in [-0.25, -0.2) is 4.39 Å². The molecule has 1 aliphatic rings. The predicted molar refractivity (Wildman–Crippen MR) is 111 cm³/mol. The van der Waals surface area contributed by atoms with E-state index < -0.39 is 29.6 Å². The first-order valence-electron chi connectivity index (χ1n) is 10.3. The molecule has 0 radical (unpaired) electrons. The van der Waals surface area contributed by atoms with Gasteiger partial charge in [-0.05, 0) is 48.5 Å². The molecular formula is C23H24F4N2O4. The first kappa shape index (κ1) is 24.7. The molecule has 1 aliphatic heterocycles. The van der Waals surface area contributed by atoms with Gasteiger partial charge in [0, 0.05) is 44.4 Å². The summed E-state index contributed by atoms with van der Waals surface area (Å²) in [6.07, 6.45) is -4.98. The highest BCUT2D eigenvalue weighted by molar-refractivity contribution is 5.95. The lowest BCUT2D eigenvalue weighted by Crippen LogP contribution is -2.51. The molecule has 1 heterocycles. The molecule has 0 bridgehead atoms. The molecule has 0 N–H and O–H groups in total. The number of rotatable bonds is 7. The summed E-state index contributed by atoms with van der Waals surface area (Å²) in [5.41, 5.74) is -0.379. The fourth-order valence-corrected chi connectivity index (χ4v) is 3.50. The van der Waals surface area contributed by atoms with Crippen molar-refractivity contribution in [1.82, 2.24) is 9.80 Å². The minimum absolute atomic E-state index is 0.141. The third-order valence-electron chi connectivity index (χ3n) is 5.25. The first-order chi connectivity index (χ1) is 15.7. The number of benzene rings is 2. The number of amides is 2. The SMILES string of the molecule is COCCN(CC1CN(C(=O)c2ccc(C(F)(F)F)cc2)CCO1)C(=O)c1ccc(F)cc1. The summed E-state index contributed by atoms with van der Waals surface area (Å²) in [7, 11) is 1.50. The van der Waals surface area contributed by atoms with E-state index in [1.165, 1.54) is 41.2 Å². The lowest BCUT2D eigenvalue weighted by molar-refractivity contribution is -0.137. The molecule has 33 heavy (non-hydrogen) atoms. The highest BCUT2D eigenvalue weighted by atomic mass is 19.4. The molecule has 3 rings (SSSR count). The summed E-state index contributed by atoms with van der Waals surface area (Å²) in [5.74, 6) is -1.20. The van der Waals surface area contributed by atoms with Crippen molar-refractivity contribution >= 4 is 11.8 Å². The molecule has 0 saturated carbocycles. The normalized spacial score (nSPS) is 16.5. The zero-order chi connectivity index (χ0) is 24.0. The molecule has 0 spiro atoms. The second-order valence-electron chi connectivity index (χ2n) is 7.57. The van der Waals surface area contributed by atoms with Crippen molar-refractivity contribution in [3.05, 3.63) is 71.0 Å². The van der Waals surface area contributed by atoms with Crippen LogP contribution in [0.4, 0.5) is 17.6 Å². The molecule has 6 nitrogen and oxygen atoms in total. The number of alkyl halides is 3. The van der Waals surface area contributed by atoms with E-state index in [4.69, 9.17) is 9.47 Å². The monoisotopic (exact) mass is 468 g/mol. The van der Waals surface area contributed by atoms with Crippen molar-refractivity contribution in [3.63, 3.8) is 0 Å². The van der Waals surface area contributed by atoms with Crippen LogP contribution in [0, 0.1) is 5.82 Å². The molecule has 1 fully saturated rings. The molecule has 0 aliphatic carbocycles. The van der Waals surface area contributed by atoms with E-state index in [0.717, 1.165) is 24.3 Å². The number of morpholine rings is 1. The summed E-state index contributed by atoms with van der Waals surface area (Å²) in [4.78, 5) is 28.7. The Morgan fingerprint density at radius 3 is 2.33 bits per heavy atom. The van der Waals surface area contributed by atoms with Crippen molar-refractivity contribution in [2.24, 2.45) is 0 Å². The Morgan fingerprint density at radius 2 is 1.73 bits per heavy atom. The summed E-state index contributed by atoms with van der Waals surface area (Å²) >= 11 is 0.